The minimum atomic E-state index is -3.52. The van der Waals surface area contributed by atoms with Gasteiger partial charge in [0.25, 0.3) is 10.2 Å². The summed E-state index contributed by atoms with van der Waals surface area (Å²) in [6.45, 7) is 5.46. The van der Waals surface area contributed by atoms with Crippen molar-refractivity contribution in [2.45, 2.75) is 31.7 Å². The summed E-state index contributed by atoms with van der Waals surface area (Å²) in [5.41, 5.74) is 0. The second-order valence-electron chi connectivity index (χ2n) is 7.42. The van der Waals surface area contributed by atoms with Crippen molar-refractivity contribution in [3.8, 4) is 0 Å². The molecule has 2 saturated heterocycles. The predicted molar refractivity (Wildman–Crippen MR) is 105 cm³/mol. The Bertz CT molecular complexity index is 566. The standard InChI is InChI=1S/C17H35N5O4S/c1-19(2)27(24,25)22(13-12-20-9-4-5-10-20)16-7-11-21(15-16)17(23)18-8-6-14-26-3/h16H,4-15H2,1-3H3,(H,18,23). The van der Waals surface area contributed by atoms with Gasteiger partial charge in [-0.15, -0.1) is 0 Å². The molecule has 2 heterocycles. The highest BCUT2D eigenvalue weighted by Crippen LogP contribution is 2.21. The van der Waals surface area contributed by atoms with E-state index in [1.54, 1.807) is 30.4 Å². The van der Waals surface area contributed by atoms with E-state index in [2.05, 4.69) is 10.2 Å². The van der Waals surface area contributed by atoms with Crippen LogP contribution in [0.1, 0.15) is 25.7 Å². The first-order valence-corrected chi connectivity index (χ1v) is 11.2. The van der Waals surface area contributed by atoms with Gasteiger partial charge in [0.1, 0.15) is 0 Å². The number of ether oxygens (including phenoxy) is 1. The van der Waals surface area contributed by atoms with Gasteiger partial charge in [-0.25, -0.2) is 4.79 Å². The number of methoxy groups -OCH3 is 1. The van der Waals surface area contributed by atoms with Crippen LogP contribution < -0.4 is 5.32 Å². The monoisotopic (exact) mass is 405 g/mol. The number of carbonyl (C=O) groups excluding carboxylic acids is 1. The second kappa shape index (κ2) is 10.6. The first-order valence-electron chi connectivity index (χ1n) is 9.79. The molecule has 9 nitrogen and oxygen atoms in total. The van der Waals surface area contributed by atoms with Crippen molar-refractivity contribution in [2.24, 2.45) is 0 Å². The van der Waals surface area contributed by atoms with Gasteiger partial charge in [0.15, 0.2) is 0 Å². The van der Waals surface area contributed by atoms with Gasteiger partial charge in [-0.05, 0) is 38.8 Å². The molecule has 0 aromatic heterocycles. The first-order chi connectivity index (χ1) is 12.9. The summed E-state index contributed by atoms with van der Waals surface area (Å²) in [5, 5.41) is 2.88. The molecule has 0 bridgehead atoms. The van der Waals surface area contributed by atoms with Gasteiger partial charge in [0, 0.05) is 66.6 Å². The fourth-order valence-corrected chi connectivity index (χ4v) is 4.91. The zero-order valence-corrected chi connectivity index (χ0v) is 17.7. The summed E-state index contributed by atoms with van der Waals surface area (Å²) in [4.78, 5) is 16.3. The van der Waals surface area contributed by atoms with E-state index in [0.717, 1.165) is 26.1 Å². The number of nitrogens with one attached hydrogen (secondary N) is 1. The van der Waals surface area contributed by atoms with Gasteiger partial charge in [0.2, 0.25) is 0 Å². The molecule has 2 fully saturated rings. The van der Waals surface area contributed by atoms with Crippen molar-refractivity contribution in [2.75, 3.05) is 73.6 Å². The van der Waals surface area contributed by atoms with Gasteiger partial charge >= 0.3 is 6.03 Å². The zero-order valence-electron chi connectivity index (χ0n) is 16.9. The van der Waals surface area contributed by atoms with Crippen LogP contribution in [0.5, 0.6) is 0 Å². The van der Waals surface area contributed by atoms with Crippen LogP contribution in [-0.4, -0.2) is 113 Å². The Balaban J connectivity index is 1.93. The molecule has 0 aromatic rings. The summed E-state index contributed by atoms with van der Waals surface area (Å²) in [6.07, 6.45) is 3.79. The van der Waals surface area contributed by atoms with Crippen molar-refractivity contribution in [1.29, 1.82) is 0 Å². The van der Waals surface area contributed by atoms with Crippen molar-refractivity contribution in [3.63, 3.8) is 0 Å². The summed E-state index contributed by atoms with van der Waals surface area (Å²) in [5.74, 6) is 0. The van der Waals surface area contributed by atoms with Gasteiger partial charge in [-0.2, -0.15) is 17.0 Å². The third-order valence-corrected chi connectivity index (χ3v) is 7.25. The van der Waals surface area contributed by atoms with Gasteiger partial charge in [0.05, 0.1) is 0 Å². The van der Waals surface area contributed by atoms with Crippen molar-refractivity contribution in [3.05, 3.63) is 0 Å². The predicted octanol–water partition coefficient (Wildman–Crippen LogP) is 0.0110. The average Bonchev–Trinajstić information content (AvgIpc) is 3.30. The lowest BCUT2D eigenvalue weighted by Crippen LogP contribution is -2.50. The molecule has 2 amide bonds. The maximum absolute atomic E-state index is 12.8. The van der Waals surface area contributed by atoms with E-state index in [-0.39, 0.29) is 12.1 Å². The maximum atomic E-state index is 12.8. The van der Waals surface area contributed by atoms with E-state index < -0.39 is 10.2 Å². The minimum absolute atomic E-state index is 0.129. The van der Waals surface area contributed by atoms with Crippen molar-refractivity contribution >= 4 is 16.2 Å². The second-order valence-corrected chi connectivity index (χ2v) is 9.51. The first kappa shape index (κ1) is 22.4. The third kappa shape index (κ3) is 6.28. The van der Waals surface area contributed by atoms with Crippen LogP contribution in [0.2, 0.25) is 0 Å². The molecule has 1 atom stereocenters. The van der Waals surface area contributed by atoms with E-state index in [0.29, 0.717) is 39.2 Å². The van der Waals surface area contributed by atoms with E-state index in [4.69, 9.17) is 4.74 Å². The van der Waals surface area contributed by atoms with E-state index in [9.17, 15) is 13.2 Å². The lowest BCUT2D eigenvalue weighted by Gasteiger charge is -2.32. The smallest absolute Gasteiger partial charge is 0.317 e. The Labute approximate surface area is 163 Å². The van der Waals surface area contributed by atoms with Crippen LogP contribution in [-0.2, 0) is 14.9 Å². The molecule has 1 unspecified atom stereocenters. The largest absolute Gasteiger partial charge is 0.385 e. The Morgan fingerprint density at radius 3 is 2.56 bits per heavy atom. The van der Waals surface area contributed by atoms with Crippen LogP contribution >= 0.6 is 0 Å². The SMILES string of the molecule is COCCCNC(=O)N1CCC(N(CCN2CCCC2)S(=O)(=O)N(C)C)C1. The molecule has 27 heavy (non-hydrogen) atoms. The Morgan fingerprint density at radius 1 is 1.22 bits per heavy atom. The Hall–Kier alpha value is -0.940. The van der Waals surface area contributed by atoms with Crippen LogP contribution in [0, 0.1) is 0 Å². The highest BCUT2D eigenvalue weighted by molar-refractivity contribution is 7.86. The van der Waals surface area contributed by atoms with Crippen LogP contribution in [0.15, 0.2) is 0 Å². The highest BCUT2D eigenvalue weighted by atomic mass is 32.2. The molecule has 2 rings (SSSR count). The molecule has 0 radical (unpaired) electrons. The molecular formula is C17H35N5O4S. The summed E-state index contributed by atoms with van der Waals surface area (Å²) in [7, 11) is 1.24. The molecule has 10 heteroatoms. The third-order valence-electron chi connectivity index (χ3n) is 5.25. The molecule has 2 aliphatic rings. The zero-order chi connectivity index (χ0) is 19.9. The van der Waals surface area contributed by atoms with E-state index in [1.807, 2.05) is 0 Å². The number of urea groups is 1. The number of likely N-dealkylation sites (tertiary alicyclic amines) is 2. The summed E-state index contributed by atoms with van der Waals surface area (Å²) >= 11 is 0. The number of hydrogen-bond donors (Lipinski definition) is 1. The molecule has 2 aliphatic heterocycles. The van der Waals surface area contributed by atoms with E-state index >= 15 is 0 Å². The van der Waals surface area contributed by atoms with Crippen LogP contribution in [0.25, 0.3) is 0 Å². The lowest BCUT2D eigenvalue weighted by atomic mass is 10.2. The molecule has 0 spiro atoms. The fourth-order valence-electron chi connectivity index (χ4n) is 3.63. The fraction of sp³-hybridized carbons (Fsp3) is 0.941. The molecule has 0 aromatic carbocycles. The van der Waals surface area contributed by atoms with Gasteiger partial charge < -0.3 is 19.9 Å². The quantitative estimate of drug-likeness (QED) is 0.518. The van der Waals surface area contributed by atoms with Crippen molar-refractivity contribution < 1.29 is 17.9 Å². The molecule has 0 aliphatic carbocycles. The number of amides is 2. The number of hydrogen-bond acceptors (Lipinski definition) is 5. The summed E-state index contributed by atoms with van der Waals surface area (Å²) < 4.78 is 33.5. The molecule has 158 valence electrons. The van der Waals surface area contributed by atoms with Crippen LogP contribution in [0.4, 0.5) is 4.79 Å². The molecule has 1 N–H and O–H groups in total. The topological polar surface area (TPSA) is 85.4 Å². The number of rotatable bonds is 10. The van der Waals surface area contributed by atoms with Gasteiger partial charge in [-0.3, -0.25) is 0 Å². The summed E-state index contributed by atoms with van der Waals surface area (Å²) in [6, 6.07) is -0.305. The van der Waals surface area contributed by atoms with E-state index in [1.165, 1.54) is 17.1 Å². The maximum Gasteiger partial charge on any atom is 0.317 e. The number of carbonyl (C=O) groups is 1. The normalized spacial score (nSPS) is 21.5. The number of nitrogens with zero attached hydrogens (tertiary/aromatic N) is 4. The lowest BCUT2D eigenvalue weighted by molar-refractivity contribution is 0.187. The molecule has 0 saturated carbocycles. The van der Waals surface area contributed by atoms with Crippen LogP contribution in [0.3, 0.4) is 0 Å². The minimum Gasteiger partial charge on any atom is -0.385 e. The Morgan fingerprint density at radius 2 is 1.93 bits per heavy atom. The Kier molecular flexibility index (Phi) is 8.74. The molecular weight excluding hydrogens is 370 g/mol. The average molecular weight is 406 g/mol. The van der Waals surface area contributed by atoms with Crippen molar-refractivity contribution in [1.82, 2.24) is 23.7 Å². The van der Waals surface area contributed by atoms with Gasteiger partial charge in [-0.1, -0.05) is 0 Å². The highest BCUT2D eigenvalue weighted by Gasteiger charge is 2.37.